The van der Waals surface area contributed by atoms with Crippen LogP contribution >= 0.6 is 24.0 Å². The molecule has 0 aromatic heterocycles. The van der Waals surface area contributed by atoms with Gasteiger partial charge in [-0.3, -0.25) is 4.79 Å². The Hall–Kier alpha value is -0.900. The number of benzene rings is 1. The lowest BCUT2D eigenvalue weighted by Crippen LogP contribution is -2.43. The van der Waals surface area contributed by atoms with Crippen molar-refractivity contribution in [1.82, 2.24) is 9.62 Å². The van der Waals surface area contributed by atoms with Crippen LogP contribution in [0.5, 0.6) is 0 Å². The normalized spacial score (nSPS) is 17.6. The number of halogens is 2. The zero-order chi connectivity index (χ0) is 18.4. The number of anilines is 1. The van der Waals surface area contributed by atoms with Gasteiger partial charge in [-0.2, -0.15) is 4.31 Å². The molecule has 1 saturated heterocycles. The first-order valence-corrected chi connectivity index (χ1v) is 10.1. The Morgan fingerprint density at radius 2 is 2.08 bits per heavy atom. The Morgan fingerprint density at radius 3 is 2.65 bits per heavy atom. The molecule has 7 nitrogen and oxygen atoms in total. The second-order valence-corrected chi connectivity index (χ2v) is 8.03. The molecule has 2 N–H and O–H groups in total. The lowest BCUT2D eigenvalue weighted by molar-refractivity contribution is -0.117. The van der Waals surface area contributed by atoms with Gasteiger partial charge in [0.25, 0.3) is 0 Å². The van der Waals surface area contributed by atoms with Gasteiger partial charge in [-0.1, -0.05) is 25.4 Å². The number of carbonyl (C=O) groups excluding carboxylic acids is 1. The second kappa shape index (κ2) is 10.4. The summed E-state index contributed by atoms with van der Waals surface area (Å²) >= 11 is 6.09. The molecule has 1 unspecified atom stereocenters. The zero-order valence-electron chi connectivity index (χ0n) is 14.8. The van der Waals surface area contributed by atoms with Crippen LogP contribution in [-0.2, 0) is 19.6 Å². The van der Waals surface area contributed by atoms with E-state index in [-0.39, 0.29) is 40.7 Å². The molecule has 0 saturated carbocycles. The van der Waals surface area contributed by atoms with Crippen molar-refractivity contribution >= 4 is 45.6 Å². The summed E-state index contributed by atoms with van der Waals surface area (Å²) in [7, 11) is -3.70. The molecule has 1 atom stereocenters. The van der Waals surface area contributed by atoms with Gasteiger partial charge in [0, 0.05) is 37.8 Å². The number of morpholine rings is 1. The first-order chi connectivity index (χ1) is 11.9. The van der Waals surface area contributed by atoms with Crippen molar-refractivity contribution in [3.8, 4) is 0 Å². The third-order valence-electron chi connectivity index (χ3n) is 3.97. The summed E-state index contributed by atoms with van der Waals surface area (Å²) < 4.78 is 32.0. The Labute approximate surface area is 165 Å². The molecule has 10 heteroatoms. The standard InChI is InChI=1S/C16H24ClN3O4S.ClH/c1-3-20(4-2)25(22,23)15-9-12(5-6-14(15)17)19-16(21)10-13-11-24-8-7-18-13;/h5-6,9,13,18H,3-4,7-8,10-11H2,1-2H3,(H,19,21);1H. The summed E-state index contributed by atoms with van der Waals surface area (Å²) in [6.45, 7) is 6.06. The number of carbonyl (C=O) groups is 1. The Balaban J connectivity index is 0.00000338. The molecule has 1 aliphatic rings. The number of nitrogens with one attached hydrogen (secondary N) is 2. The summed E-state index contributed by atoms with van der Waals surface area (Å²) in [5.74, 6) is -0.212. The summed E-state index contributed by atoms with van der Waals surface area (Å²) in [4.78, 5) is 12.2. The van der Waals surface area contributed by atoms with E-state index >= 15 is 0 Å². The van der Waals surface area contributed by atoms with Crippen molar-refractivity contribution in [1.29, 1.82) is 0 Å². The fourth-order valence-electron chi connectivity index (χ4n) is 2.67. The van der Waals surface area contributed by atoms with Crippen molar-refractivity contribution in [3.63, 3.8) is 0 Å². The molecule has 0 aliphatic carbocycles. The number of amides is 1. The number of sulfonamides is 1. The molecule has 0 radical (unpaired) electrons. The maximum absolute atomic E-state index is 12.7. The highest BCUT2D eigenvalue weighted by Crippen LogP contribution is 2.27. The first kappa shape index (κ1) is 23.1. The quantitative estimate of drug-likeness (QED) is 0.698. The monoisotopic (exact) mass is 425 g/mol. The minimum Gasteiger partial charge on any atom is -0.378 e. The van der Waals surface area contributed by atoms with Gasteiger partial charge in [-0.25, -0.2) is 8.42 Å². The van der Waals surface area contributed by atoms with E-state index in [1.54, 1.807) is 19.9 Å². The fraction of sp³-hybridized carbons (Fsp3) is 0.562. The SMILES string of the molecule is CCN(CC)S(=O)(=O)c1cc(NC(=O)CC2COCCN2)ccc1Cl.Cl. The first-order valence-electron chi connectivity index (χ1n) is 8.29. The number of rotatable bonds is 7. The largest absolute Gasteiger partial charge is 0.378 e. The van der Waals surface area contributed by atoms with E-state index in [9.17, 15) is 13.2 Å². The molecule has 2 rings (SSSR count). The van der Waals surface area contributed by atoms with Crippen LogP contribution in [0.3, 0.4) is 0 Å². The number of ether oxygens (including phenoxy) is 1. The van der Waals surface area contributed by atoms with Gasteiger partial charge in [-0.15, -0.1) is 12.4 Å². The molecular weight excluding hydrogens is 401 g/mol. The molecule has 1 amide bonds. The van der Waals surface area contributed by atoms with Crippen LogP contribution in [0.25, 0.3) is 0 Å². The minimum absolute atomic E-state index is 0. The van der Waals surface area contributed by atoms with Crippen LogP contribution in [0.15, 0.2) is 23.1 Å². The average Bonchev–Trinajstić information content (AvgIpc) is 2.58. The predicted molar refractivity (Wildman–Crippen MR) is 105 cm³/mol. The van der Waals surface area contributed by atoms with Gasteiger partial charge < -0.3 is 15.4 Å². The van der Waals surface area contributed by atoms with Gasteiger partial charge in [0.1, 0.15) is 4.90 Å². The highest BCUT2D eigenvalue weighted by Gasteiger charge is 2.25. The van der Waals surface area contributed by atoms with Crippen molar-refractivity contribution in [2.45, 2.75) is 31.2 Å². The summed E-state index contributed by atoms with van der Waals surface area (Å²) in [6, 6.07) is 4.43. The van der Waals surface area contributed by atoms with Crippen molar-refractivity contribution in [2.24, 2.45) is 0 Å². The van der Waals surface area contributed by atoms with Crippen LogP contribution in [0.2, 0.25) is 5.02 Å². The van der Waals surface area contributed by atoms with Crippen LogP contribution in [0, 0.1) is 0 Å². The van der Waals surface area contributed by atoms with Crippen LogP contribution in [0.1, 0.15) is 20.3 Å². The van der Waals surface area contributed by atoms with Crippen LogP contribution in [0.4, 0.5) is 5.69 Å². The van der Waals surface area contributed by atoms with Gasteiger partial charge in [0.15, 0.2) is 0 Å². The van der Waals surface area contributed by atoms with E-state index < -0.39 is 10.0 Å². The molecule has 1 fully saturated rings. The number of hydrogen-bond donors (Lipinski definition) is 2. The van der Waals surface area contributed by atoms with Crippen LogP contribution < -0.4 is 10.6 Å². The van der Waals surface area contributed by atoms with Crippen molar-refractivity contribution < 1.29 is 17.9 Å². The second-order valence-electron chi connectivity index (χ2n) is 5.71. The topological polar surface area (TPSA) is 87.7 Å². The molecule has 1 aromatic carbocycles. The van der Waals surface area contributed by atoms with Gasteiger partial charge in [0.2, 0.25) is 15.9 Å². The third kappa shape index (κ3) is 5.80. The molecule has 1 aromatic rings. The van der Waals surface area contributed by atoms with Gasteiger partial charge in [-0.05, 0) is 18.2 Å². The van der Waals surface area contributed by atoms with E-state index in [2.05, 4.69) is 10.6 Å². The number of nitrogens with zero attached hydrogens (tertiary/aromatic N) is 1. The molecule has 1 aliphatic heterocycles. The minimum atomic E-state index is -3.70. The molecule has 26 heavy (non-hydrogen) atoms. The van der Waals surface area contributed by atoms with Crippen LogP contribution in [-0.4, -0.2) is 57.5 Å². The third-order valence-corrected chi connectivity index (χ3v) is 6.50. The Bertz CT molecular complexity index is 705. The Morgan fingerprint density at radius 1 is 1.38 bits per heavy atom. The smallest absolute Gasteiger partial charge is 0.244 e. The summed E-state index contributed by atoms with van der Waals surface area (Å²) in [5.41, 5.74) is 0.400. The molecule has 148 valence electrons. The van der Waals surface area contributed by atoms with E-state index in [0.29, 0.717) is 38.5 Å². The van der Waals surface area contributed by atoms with E-state index in [0.717, 1.165) is 0 Å². The maximum Gasteiger partial charge on any atom is 0.244 e. The van der Waals surface area contributed by atoms with E-state index in [1.807, 2.05) is 0 Å². The lowest BCUT2D eigenvalue weighted by atomic mass is 10.2. The molecular formula is C16H25Cl2N3O4S. The average molecular weight is 426 g/mol. The van der Waals surface area contributed by atoms with E-state index in [1.165, 1.54) is 16.4 Å². The van der Waals surface area contributed by atoms with Gasteiger partial charge in [0.05, 0.1) is 18.2 Å². The van der Waals surface area contributed by atoms with Crippen molar-refractivity contribution in [3.05, 3.63) is 23.2 Å². The molecule has 1 heterocycles. The lowest BCUT2D eigenvalue weighted by Gasteiger charge is -2.23. The van der Waals surface area contributed by atoms with E-state index in [4.69, 9.17) is 16.3 Å². The predicted octanol–water partition coefficient (Wildman–Crippen LogP) is 2.11. The molecule has 0 spiro atoms. The summed E-state index contributed by atoms with van der Waals surface area (Å²) in [6.07, 6.45) is 0.251. The fourth-order valence-corrected chi connectivity index (χ4v) is 4.63. The number of hydrogen-bond acceptors (Lipinski definition) is 5. The molecule has 0 bridgehead atoms. The highest BCUT2D eigenvalue weighted by molar-refractivity contribution is 7.89. The van der Waals surface area contributed by atoms with Gasteiger partial charge >= 0.3 is 0 Å². The highest BCUT2D eigenvalue weighted by atomic mass is 35.5. The maximum atomic E-state index is 12.7. The summed E-state index contributed by atoms with van der Waals surface area (Å²) in [5, 5.41) is 6.06. The zero-order valence-corrected chi connectivity index (χ0v) is 17.2. The Kier molecular flexibility index (Phi) is 9.29. The van der Waals surface area contributed by atoms with Crippen molar-refractivity contribution in [2.75, 3.05) is 38.2 Å².